The molecule has 2 atom stereocenters. The molecule has 1 fully saturated rings. The van der Waals surface area contributed by atoms with Gasteiger partial charge in [-0.25, -0.2) is 4.79 Å². The molecule has 0 radical (unpaired) electrons. The van der Waals surface area contributed by atoms with Crippen LogP contribution in [0.25, 0.3) is 0 Å². The number of nitrogens with one attached hydrogen (secondary N) is 2. The van der Waals surface area contributed by atoms with Crippen LogP contribution in [0.2, 0.25) is 0 Å². The quantitative estimate of drug-likeness (QED) is 0.769. The molecule has 2 N–H and O–H groups in total. The number of hydrogen-bond acceptors (Lipinski definition) is 5. The minimum absolute atomic E-state index is 0.0438. The van der Waals surface area contributed by atoms with Crippen molar-refractivity contribution < 1.29 is 19.1 Å². The highest BCUT2D eigenvalue weighted by Crippen LogP contribution is 2.41. The molecule has 2 aliphatic rings. The van der Waals surface area contributed by atoms with E-state index in [9.17, 15) is 9.59 Å². The SMILES string of the molecule is CCNC(=O)NC(=O)C(c1ccccc1)N1CCCC1c1ccc2c(c1)OCCCO2. The lowest BCUT2D eigenvalue weighted by molar-refractivity contribution is -0.126. The van der Waals surface area contributed by atoms with E-state index in [0.29, 0.717) is 19.8 Å². The van der Waals surface area contributed by atoms with Gasteiger partial charge in [0.1, 0.15) is 6.04 Å². The molecule has 0 aromatic heterocycles. The Bertz CT molecular complexity index is 918. The van der Waals surface area contributed by atoms with Crippen LogP contribution in [0.5, 0.6) is 11.5 Å². The number of ether oxygens (including phenoxy) is 2. The third kappa shape index (κ3) is 4.82. The summed E-state index contributed by atoms with van der Waals surface area (Å²) in [6.45, 7) is 4.32. The van der Waals surface area contributed by atoms with Crippen molar-refractivity contribution in [3.63, 3.8) is 0 Å². The third-order valence-electron chi connectivity index (χ3n) is 5.72. The first-order chi connectivity index (χ1) is 15.2. The molecule has 3 amide bonds. The van der Waals surface area contributed by atoms with E-state index in [1.807, 2.05) is 49.4 Å². The fourth-order valence-electron chi connectivity index (χ4n) is 4.36. The molecule has 0 bridgehead atoms. The summed E-state index contributed by atoms with van der Waals surface area (Å²) in [7, 11) is 0. The lowest BCUT2D eigenvalue weighted by atomic mass is 9.99. The fraction of sp³-hybridized carbons (Fsp3) is 0.417. The van der Waals surface area contributed by atoms with Crippen LogP contribution in [0.1, 0.15) is 49.4 Å². The first kappa shape index (κ1) is 21.2. The number of carbonyl (C=O) groups is 2. The lowest BCUT2D eigenvalue weighted by Gasteiger charge is -2.32. The van der Waals surface area contributed by atoms with Crippen LogP contribution in [0.3, 0.4) is 0 Å². The Morgan fingerprint density at radius 1 is 1.06 bits per heavy atom. The zero-order valence-corrected chi connectivity index (χ0v) is 17.8. The van der Waals surface area contributed by atoms with Gasteiger partial charge < -0.3 is 14.8 Å². The van der Waals surface area contributed by atoms with E-state index in [4.69, 9.17) is 9.47 Å². The van der Waals surface area contributed by atoms with Crippen LogP contribution < -0.4 is 20.1 Å². The normalized spacial score (nSPS) is 19.3. The molecular weight excluding hydrogens is 394 g/mol. The van der Waals surface area contributed by atoms with Crippen molar-refractivity contribution in [2.45, 2.75) is 38.3 Å². The Hall–Kier alpha value is -3.06. The van der Waals surface area contributed by atoms with Crippen LogP contribution >= 0.6 is 0 Å². The summed E-state index contributed by atoms with van der Waals surface area (Å²) in [4.78, 5) is 27.5. The van der Waals surface area contributed by atoms with Crippen molar-refractivity contribution in [3.8, 4) is 11.5 Å². The molecule has 0 saturated carbocycles. The van der Waals surface area contributed by atoms with Crippen molar-refractivity contribution in [2.24, 2.45) is 0 Å². The highest BCUT2D eigenvalue weighted by molar-refractivity contribution is 5.97. The van der Waals surface area contributed by atoms with Gasteiger partial charge in [0.25, 0.3) is 0 Å². The fourth-order valence-corrected chi connectivity index (χ4v) is 4.36. The van der Waals surface area contributed by atoms with Crippen LogP contribution in [-0.2, 0) is 4.79 Å². The summed E-state index contributed by atoms with van der Waals surface area (Å²) in [5.74, 6) is 1.20. The number of carbonyl (C=O) groups excluding carboxylic acids is 2. The first-order valence-electron chi connectivity index (χ1n) is 11.0. The summed E-state index contributed by atoms with van der Waals surface area (Å²) < 4.78 is 11.6. The van der Waals surface area contributed by atoms with Gasteiger partial charge in [0, 0.05) is 19.0 Å². The molecule has 31 heavy (non-hydrogen) atoms. The van der Waals surface area contributed by atoms with Gasteiger partial charge in [0.05, 0.1) is 13.2 Å². The van der Waals surface area contributed by atoms with Gasteiger partial charge in [0.15, 0.2) is 11.5 Å². The molecule has 2 aliphatic heterocycles. The molecule has 7 nitrogen and oxygen atoms in total. The number of likely N-dealkylation sites (tertiary alicyclic amines) is 1. The highest BCUT2D eigenvalue weighted by Gasteiger charge is 2.37. The summed E-state index contributed by atoms with van der Waals surface area (Å²) in [6, 6.07) is 14.7. The predicted octanol–water partition coefficient (Wildman–Crippen LogP) is 3.57. The van der Waals surface area contributed by atoms with Gasteiger partial charge in [0.2, 0.25) is 5.91 Å². The monoisotopic (exact) mass is 423 g/mol. The molecule has 164 valence electrons. The van der Waals surface area contributed by atoms with E-state index in [2.05, 4.69) is 21.6 Å². The lowest BCUT2D eigenvalue weighted by Crippen LogP contribution is -2.46. The largest absolute Gasteiger partial charge is 0.490 e. The molecule has 2 aromatic carbocycles. The maximum atomic E-state index is 13.2. The Balaban J connectivity index is 1.63. The molecule has 0 aliphatic carbocycles. The second kappa shape index (κ2) is 9.83. The van der Waals surface area contributed by atoms with Crippen LogP contribution in [0.15, 0.2) is 48.5 Å². The van der Waals surface area contributed by atoms with E-state index < -0.39 is 12.1 Å². The number of fused-ring (bicyclic) bond motifs is 1. The highest BCUT2D eigenvalue weighted by atomic mass is 16.5. The number of nitrogens with zero attached hydrogens (tertiary/aromatic N) is 1. The molecule has 7 heteroatoms. The Kier molecular flexibility index (Phi) is 6.72. The van der Waals surface area contributed by atoms with E-state index in [1.165, 1.54) is 0 Å². The topological polar surface area (TPSA) is 79.9 Å². The maximum Gasteiger partial charge on any atom is 0.321 e. The molecule has 0 spiro atoms. The molecule has 4 rings (SSSR count). The second-order valence-electron chi connectivity index (χ2n) is 7.81. The summed E-state index contributed by atoms with van der Waals surface area (Å²) >= 11 is 0. The van der Waals surface area contributed by atoms with Gasteiger partial charge in [-0.1, -0.05) is 36.4 Å². The number of benzene rings is 2. The average Bonchev–Trinajstić information content (AvgIpc) is 3.12. The smallest absolute Gasteiger partial charge is 0.321 e. The number of hydrogen-bond donors (Lipinski definition) is 2. The number of rotatable bonds is 5. The van der Waals surface area contributed by atoms with Crippen molar-refractivity contribution in [2.75, 3.05) is 26.3 Å². The van der Waals surface area contributed by atoms with Crippen molar-refractivity contribution >= 4 is 11.9 Å². The van der Waals surface area contributed by atoms with Gasteiger partial charge in [-0.3, -0.25) is 15.0 Å². The molecule has 2 aromatic rings. The van der Waals surface area contributed by atoms with E-state index in [0.717, 1.165) is 48.4 Å². The molecular formula is C24H29N3O4. The van der Waals surface area contributed by atoms with Crippen molar-refractivity contribution in [1.82, 2.24) is 15.5 Å². The molecule has 2 heterocycles. The summed E-state index contributed by atoms with van der Waals surface area (Å²) in [5.41, 5.74) is 1.96. The number of amides is 3. The van der Waals surface area contributed by atoms with Crippen LogP contribution in [0, 0.1) is 0 Å². The van der Waals surface area contributed by atoms with Crippen molar-refractivity contribution in [1.29, 1.82) is 0 Å². The maximum absolute atomic E-state index is 13.2. The molecule has 2 unspecified atom stereocenters. The zero-order chi connectivity index (χ0) is 21.6. The van der Waals surface area contributed by atoms with Crippen LogP contribution in [-0.4, -0.2) is 43.1 Å². The summed E-state index contributed by atoms with van der Waals surface area (Å²) in [5, 5.41) is 5.15. The standard InChI is InChI=1S/C24H29N3O4/c1-2-25-24(29)26-23(28)22(17-8-4-3-5-9-17)27-13-6-10-19(27)18-11-12-20-21(16-18)31-15-7-14-30-20/h3-5,8-9,11-12,16,19,22H,2,6-7,10,13-15H2,1H3,(H2,25,26,28,29). The van der Waals surface area contributed by atoms with Gasteiger partial charge >= 0.3 is 6.03 Å². The predicted molar refractivity (Wildman–Crippen MR) is 117 cm³/mol. The molecule has 1 saturated heterocycles. The van der Waals surface area contributed by atoms with Crippen LogP contribution in [0.4, 0.5) is 4.79 Å². The second-order valence-corrected chi connectivity index (χ2v) is 7.81. The average molecular weight is 424 g/mol. The van der Waals surface area contributed by atoms with E-state index in [1.54, 1.807) is 0 Å². The number of imide groups is 1. The zero-order valence-electron chi connectivity index (χ0n) is 17.8. The Morgan fingerprint density at radius 2 is 1.84 bits per heavy atom. The van der Waals surface area contributed by atoms with E-state index in [-0.39, 0.29) is 11.9 Å². The van der Waals surface area contributed by atoms with E-state index >= 15 is 0 Å². The van der Waals surface area contributed by atoms with Gasteiger partial charge in [-0.2, -0.15) is 0 Å². The minimum Gasteiger partial charge on any atom is -0.490 e. The van der Waals surface area contributed by atoms with Crippen molar-refractivity contribution in [3.05, 3.63) is 59.7 Å². The Labute approximate surface area is 182 Å². The Morgan fingerprint density at radius 3 is 2.61 bits per heavy atom. The van der Waals surface area contributed by atoms with Gasteiger partial charge in [-0.05, 0) is 49.6 Å². The minimum atomic E-state index is -0.563. The number of urea groups is 1. The van der Waals surface area contributed by atoms with Gasteiger partial charge in [-0.15, -0.1) is 0 Å². The summed E-state index contributed by atoms with van der Waals surface area (Å²) in [6.07, 6.45) is 2.75. The first-order valence-corrected chi connectivity index (χ1v) is 11.0. The third-order valence-corrected chi connectivity index (χ3v) is 5.72.